The van der Waals surface area contributed by atoms with Crippen molar-refractivity contribution in [3.63, 3.8) is 0 Å². The number of unbranched alkanes of at least 4 members (excludes halogenated alkanes) is 1. The standard InChI is InChI=1S/C19H22FN7O3/c1-4-5-10-26-15(21)14(17(28)23-19(26)30)25(3)18(29)16-22-11(2)27(24-16)13-8-6-12(20)7-9-13/h6-9H,4-5,10,21H2,1-3H3,(H,23,28,30). The summed E-state index contributed by atoms with van der Waals surface area (Å²) in [5, 5.41) is 4.18. The maximum Gasteiger partial charge on any atom is 0.330 e. The number of anilines is 2. The summed E-state index contributed by atoms with van der Waals surface area (Å²) >= 11 is 0. The van der Waals surface area contributed by atoms with E-state index in [-0.39, 0.29) is 17.3 Å². The molecule has 1 amide bonds. The lowest BCUT2D eigenvalue weighted by Crippen LogP contribution is -2.39. The Kier molecular flexibility index (Phi) is 5.81. The van der Waals surface area contributed by atoms with E-state index in [0.29, 0.717) is 24.5 Å². The van der Waals surface area contributed by atoms with Crippen molar-refractivity contribution in [1.82, 2.24) is 24.3 Å². The molecule has 0 saturated heterocycles. The molecule has 0 saturated carbocycles. The zero-order valence-electron chi connectivity index (χ0n) is 16.8. The first kappa shape index (κ1) is 21.0. The summed E-state index contributed by atoms with van der Waals surface area (Å²) < 4.78 is 15.8. The van der Waals surface area contributed by atoms with Gasteiger partial charge in [-0.2, -0.15) is 0 Å². The molecule has 1 aromatic carbocycles. The lowest BCUT2D eigenvalue weighted by molar-refractivity contribution is 0.0983. The number of nitrogens with zero attached hydrogens (tertiary/aromatic N) is 5. The van der Waals surface area contributed by atoms with Crippen molar-refractivity contribution < 1.29 is 9.18 Å². The first-order valence-electron chi connectivity index (χ1n) is 9.34. The van der Waals surface area contributed by atoms with Crippen LogP contribution >= 0.6 is 0 Å². The zero-order chi connectivity index (χ0) is 22.0. The molecule has 158 valence electrons. The Labute approximate surface area is 170 Å². The quantitative estimate of drug-likeness (QED) is 0.622. The Bertz CT molecular complexity index is 1190. The molecule has 3 rings (SSSR count). The van der Waals surface area contributed by atoms with Crippen molar-refractivity contribution in [2.75, 3.05) is 17.7 Å². The average Bonchev–Trinajstić information content (AvgIpc) is 3.09. The number of carbonyl (C=O) groups is 1. The maximum absolute atomic E-state index is 13.2. The lowest BCUT2D eigenvalue weighted by Gasteiger charge is -2.19. The predicted molar refractivity (Wildman–Crippen MR) is 109 cm³/mol. The van der Waals surface area contributed by atoms with E-state index < -0.39 is 23.0 Å². The van der Waals surface area contributed by atoms with Crippen LogP contribution in [0.1, 0.15) is 36.2 Å². The molecular formula is C19H22FN7O3. The molecule has 10 nitrogen and oxygen atoms in total. The fourth-order valence-corrected chi connectivity index (χ4v) is 3.00. The van der Waals surface area contributed by atoms with E-state index >= 15 is 0 Å². The third-order valence-electron chi connectivity index (χ3n) is 4.62. The number of halogens is 1. The number of rotatable bonds is 6. The zero-order valence-corrected chi connectivity index (χ0v) is 16.8. The number of aromatic nitrogens is 5. The molecule has 3 aromatic rings. The molecule has 0 fully saturated rings. The average molecular weight is 415 g/mol. The molecule has 11 heteroatoms. The second-order valence-corrected chi connectivity index (χ2v) is 6.73. The number of nitrogen functional groups attached to an aromatic ring is 1. The van der Waals surface area contributed by atoms with Crippen LogP contribution in [-0.4, -0.2) is 37.3 Å². The number of H-pyrrole nitrogens is 1. The van der Waals surface area contributed by atoms with Crippen LogP contribution in [0.5, 0.6) is 0 Å². The van der Waals surface area contributed by atoms with Gasteiger partial charge in [-0.15, -0.1) is 5.10 Å². The number of aromatic amines is 1. The fraction of sp³-hybridized carbons (Fsp3) is 0.316. The summed E-state index contributed by atoms with van der Waals surface area (Å²) in [5.41, 5.74) is 5.00. The number of amides is 1. The molecule has 0 aliphatic rings. The van der Waals surface area contributed by atoms with Gasteiger partial charge in [-0.05, 0) is 37.6 Å². The van der Waals surface area contributed by atoms with Gasteiger partial charge in [-0.25, -0.2) is 18.9 Å². The van der Waals surface area contributed by atoms with Crippen molar-refractivity contribution in [3.05, 3.63) is 62.6 Å². The summed E-state index contributed by atoms with van der Waals surface area (Å²) in [6, 6.07) is 5.54. The Morgan fingerprint density at radius 1 is 1.27 bits per heavy atom. The second-order valence-electron chi connectivity index (χ2n) is 6.73. The minimum atomic E-state index is -0.782. The minimum Gasteiger partial charge on any atom is -0.383 e. The molecule has 0 aliphatic heterocycles. The molecule has 2 aromatic heterocycles. The number of nitrogens with two attached hydrogens (primary N) is 1. The van der Waals surface area contributed by atoms with E-state index in [2.05, 4.69) is 15.1 Å². The van der Waals surface area contributed by atoms with E-state index in [9.17, 15) is 18.8 Å². The van der Waals surface area contributed by atoms with E-state index in [1.165, 1.54) is 40.6 Å². The first-order chi connectivity index (χ1) is 14.2. The normalized spacial score (nSPS) is 10.9. The van der Waals surface area contributed by atoms with Gasteiger partial charge < -0.3 is 10.6 Å². The smallest absolute Gasteiger partial charge is 0.330 e. The summed E-state index contributed by atoms with van der Waals surface area (Å²) in [6.45, 7) is 3.90. The van der Waals surface area contributed by atoms with Crippen LogP contribution in [0.25, 0.3) is 5.69 Å². The van der Waals surface area contributed by atoms with Crippen molar-refractivity contribution in [2.24, 2.45) is 0 Å². The summed E-state index contributed by atoms with van der Waals surface area (Å²) in [5.74, 6) is -0.974. The van der Waals surface area contributed by atoms with Crippen molar-refractivity contribution in [1.29, 1.82) is 0 Å². The van der Waals surface area contributed by atoms with Gasteiger partial charge >= 0.3 is 5.69 Å². The maximum atomic E-state index is 13.2. The fourth-order valence-electron chi connectivity index (χ4n) is 3.00. The number of nitrogens with one attached hydrogen (secondary N) is 1. The highest BCUT2D eigenvalue weighted by Gasteiger charge is 2.25. The minimum absolute atomic E-state index is 0.109. The first-order valence-corrected chi connectivity index (χ1v) is 9.34. The monoisotopic (exact) mass is 415 g/mol. The third-order valence-corrected chi connectivity index (χ3v) is 4.62. The molecule has 3 N–H and O–H groups in total. The van der Waals surface area contributed by atoms with Crippen LogP contribution in [-0.2, 0) is 6.54 Å². The Balaban J connectivity index is 1.99. The van der Waals surface area contributed by atoms with Gasteiger partial charge in [0, 0.05) is 13.6 Å². The number of aryl methyl sites for hydroxylation is 1. The number of carbonyl (C=O) groups excluding carboxylic acids is 1. The molecule has 0 radical (unpaired) electrons. The number of benzene rings is 1. The van der Waals surface area contributed by atoms with Gasteiger partial charge in [0.2, 0.25) is 5.82 Å². The van der Waals surface area contributed by atoms with Crippen LogP contribution in [0, 0.1) is 12.7 Å². The molecule has 0 atom stereocenters. The predicted octanol–water partition coefficient (Wildman–Crippen LogP) is 1.22. The van der Waals surface area contributed by atoms with Crippen molar-refractivity contribution in [2.45, 2.75) is 33.2 Å². The Hall–Kier alpha value is -3.76. The topological polar surface area (TPSA) is 132 Å². The van der Waals surface area contributed by atoms with Gasteiger partial charge in [-0.1, -0.05) is 13.3 Å². The third kappa shape index (κ3) is 3.86. The van der Waals surface area contributed by atoms with Crippen LogP contribution < -0.4 is 21.9 Å². The van der Waals surface area contributed by atoms with Crippen molar-refractivity contribution in [3.8, 4) is 5.69 Å². The van der Waals surface area contributed by atoms with Gasteiger partial charge in [0.05, 0.1) is 5.69 Å². The van der Waals surface area contributed by atoms with E-state index in [1.54, 1.807) is 6.92 Å². The SMILES string of the molecule is CCCCn1c(N)c(N(C)C(=O)c2nc(C)n(-c3ccc(F)cc3)n2)c(=O)[nH]c1=O. The molecule has 2 heterocycles. The van der Waals surface area contributed by atoms with Gasteiger partial charge in [0.25, 0.3) is 11.5 Å². The highest BCUT2D eigenvalue weighted by molar-refractivity contribution is 6.04. The summed E-state index contributed by atoms with van der Waals surface area (Å²) in [4.78, 5) is 44.7. The van der Waals surface area contributed by atoms with E-state index in [0.717, 1.165) is 11.3 Å². The van der Waals surface area contributed by atoms with Gasteiger partial charge in [0.15, 0.2) is 5.69 Å². The van der Waals surface area contributed by atoms with Crippen LogP contribution in [0.3, 0.4) is 0 Å². The Morgan fingerprint density at radius 3 is 2.57 bits per heavy atom. The van der Waals surface area contributed by atoms with Crippen LogP contribution in [0.15, 0.2) is 33.9 Å². The lowest BCUT2D eigenvalue weighted by atomic mass is 10.3. The van der Waals surface area contributed by atoms with E-state index in [1.807, 2.05) is 6.92 Å². The number of hydrogen-bond donors (Lipinski definition) is 2. The molecule has 0 spiro atoms. The second kappa shape index (κ2) is 8.31. The molecule has 30 heavy (non-hydrogen) atoms. The summed E-state index contributed by atoms with van der Waals surface area (Å²) in [6.07, 6.45) is 1.50. The largest absolute Gasteiger partial charge is 0.383 e. The van der Waals surface area contributed by atoms with Crippen molar-refractivity contribution >= 4 is 17.4 Å². The van der Waals surface area contributed by atoms with E-state index in [4.69, 9.17) is 5.73 Å². The van der Waals surface area contributed by atoms with Crippen LogP contribution in [0.2, 0.25) is 0 Å². The highest BCUT2D eigenvalue weighted by atomic mass is 19.1. The van der Waals surface area contributed by atoms with Gasteiger partial charge in [-0.3, -0.25) is 19.1 Å². The molecule has 0 unspecified atom stereocenters. The summed E-state index contributed by atoms with van der Waals surface area (Å²) in [7, 11) is 1.35. The Morgan fingerprint density at radius 2 is 1.93 bits per heavy atom. The number of hydrogen-bond acceptors (Lipinski definition) is 6. The van der Waals surface area contributed by atoms with Crippen LogP contribution in [0.4, 0.5) is 15.9 Å². The molecular weight excluding hydrogens is 393 g/mol. The highest BCUT2D eigenvalue weighted by Crippen LogP contribution is 2.18. The van der Waals surface area contributed by atoms with Gasteiger partial charge in [0.1, 0.15) is 17.5 Å². The molecule has 0 aliphatic carbocycles. The molecule has 0 bridgehead atoms.